The van der Waals surface area contributed by atoms with E-state index in [0.717, 1.165) is 35.2 Å². The molecule has 146 valence electrons. The minimum atomic E-state index is -0.300. The van der Waals surface area contributed by atoms with Gasteiger partial charge in [-0.1, -0.05) is 12.1 Å². The summed E-state index contributed by atoms with van der Waals surface area (Å²) in [5.41, 5.74) is 2.60. The fourth-order valence-electron chi connectivity index (χ4n) is 3.57. The van der Waals surface area contributed by atoms with Gasteiger partial charge in [-0.3, -0.25) is 9.59 Å². The number of nitrogens with zero attached hydrogens (tertiary/aromatic N) is 4. The Balaban J connectivity index is 1.55. The number of carbonyl (C=O) groups is 1. The number of carbonyl (C=O) groups excluding carboxylic acids is 1. The second kappa shape index (κ2) is 7.35. The number of nitrogens with one attached hydrogen (secondary N) is 1. The molecule has 1 atom stereocenters. The summed E-state index contributed by atoms with van der Waals surface area (Å²) >= 11 is 1.56. The van der Waals surface area contributed by atoms with Crippen LogP contribution in [-0.4, -0.2) is 35.0 Å². The molecule has 8 heteroatoms. The topological polar surface area (TPSA) is 80.1 Å². The Hall–Kier alpha value is -2.74. The summed E-state index contributed by atoms with van der Waals surface area (Å²) in [5.74, 6) is 0.325. The van der Waals surface area contributed by atoms with Crippen molar-refractivity contribution < 1.29 is 4.79 Å². The molecule has 0 unspecified atom stereocenters. The number of thiophene rings is 1. The van der Waals surface area contributed by atoms with Crippen LogP contribution in [0.1, 0.15) is 23.8 Å². The summed E-state index contributed by atoms with van der Waals surface area (Å²) in [6, 6.07) is 7.52. The predicted molar refractivity (Wildman–Crippen MR) is 112 cm³/mol. The van der Waals surface area contributed by atoms with Gasteiger partial charge >= 0.3 is 0 Å². The average molecular weight is 398 g/mol. The van der Waals surface area contributed by atoms with Crippen LogP contribution in [0.3, 0.4) is 0 Å². The molecular weight excluding hydrogens is 374 g/mol. The van der Waals surface area contributed by atoms with E-state index in [2.05, 4.69) is 22.6 Å². The fourth-order valence-corrected chi connectivity index (χ4v) is 4.89. The Kier molecular flexibility index (Phi) is 4.89. The second-order valence-electron chi connectivity index (χ2n) is 7.57. The van der Waals surface area contributed by atoms with Crippen LogP contribution in [0.4, 0.5) is 11.4 Å². The number of rotatable bonds is 4. The maximum atomic E-state index is 12.9. The third kappa shape index (κ3) is 3.52. The molecule has 0 saturated heterocycles. The van der Waals surface area contributed by atoms with E-state index in [1.165, 1.54) is 4.88 Å². The van der Waals surface area contributed by atoms with Gasteiger partial charge in [-0.2, -0.15) is 0 Å². The first kappa shape index (κ1) is 18.6. The molecule has 1 N–H and O–H groups in total. The van der Waals surface area contributed by atoms with Crippen LogP contribution in [0.2, 0.25) is 0 Å². The molecule has 0 spiro atoms. The van der Waals surface area contributed by atoms with E-state index in [0.29, 0.717) is 21.8 Å². The van der Waals surface area contributed by atoms with Crippen molar-refractivity contribution in [3.05, 3.63) is 45.1 Å². The first-order chi connectivity index (χ1) is 13.4. The van der Waals surface area contributed by atoms with Crippen LogP contribution >= 0.6 is 11.3 Å². The highest BCUT2D eigenvalue weighted by Gasteiger charge is 2.24. The Morgan fingerprint density at radius 3 is 2.79 bits per heavy atom. The number of amides is 1. The number of aromatic nitrogens is 3. The van der Waals surface area contributed by atoms with Gasteiger partial charge < -0.3 is 10.2 Å². The molecule has 2 aromatic heterocycles. The molecule has 1 aromatic carbocycles. The second-order valence-corrected chi connectivity index (χ2v) is 8.66. The first-order valence-corrected chi connectivity index (χ1v) is 10.2. The first-order valence-electron chi connectivity index (χ1n) is 9.37. The third-order valence-electron chi connectivity index (χ3n) is 5.15. The Labute approximate surface area is 167 Å². The fraction of sp³-hybridized carbons (Fsp3) is 0.400. The van der Waals surface area contributed by atoms with Crippen molar-refractivity contribution in [3.8, 4) is 0 Å². The lowest BCUT2D eigenvalue weighted by Crippen LogP contribution is -2.30. The molecule has 7 nitrogen and oxygen atoms in total. The van der Waals surface area contributed by atoms with E-state index < -0.39 is 0 Å². The molecule has 0 aliphatic heterocycles. The molecule has 3 aromatic rings. The van der Waals surface area contributed by atoms with E-state index >= 15 is 0 Å². The zero-order valence-electron chi connectivity index (χ0n) is 16.2. The van der Waals surface area contributed by atoms with Gasteiger partial charge in [0.15, 0.2) is 4.83 Å². The number of hydrogen-bond donors (Lipinski definition) is 1. The summed E-state index contributed by atoms with van der Waals surface area (Å²) in [4.78, 5) is 29.2. The van der Waals surface area contributed by atoms with E-state index in [-0.39, 0.29) is 18.0 Å². The van der Waals surface area contributed by atoms with E-state index in [1.54, 1.807) is 11.3 Å². The van der Waals surface area contributed by atoms with Crippen molar-refractivity contribution in [2.24, 2.45) is 5.92 Å². The molecular formula is C20H23N5O2S. The summed E-state index contributed by atoms with van der Waals surface area (Å²) in [7, 11) is 3.91. The number of fused-ring (bicyclic) bond motifs is 3. The third-order valence-corrected chi connectivity index (χ3v) is 6.28. The van der Waals surface area contributed by atoms with Gasteiger partial charge in [-0.25, -0.2) is 4.68 Å². The summed E-state index contributed by atoms with van der Waals surface area (Å²) < 4.78 is 1.16. The van der Waals surface area contributed by atoms with Crippen molar-refractivity contribution in [3.63, 3.8) is 0 Å². The zero-order chi connectivity index (χ0) is 19.8. The van der Waals surface area contributed by atoms with Crippen molar-refractivity contribution in [2.45, 2.75) is 32.7 Å². The quantitative estimate of drug-likeness (QED) is 0.732. The number of benzene rings is 1. The van der Waals surface area contributed by atoms with Crippen molar-refractivity contribution in [1.82, 2.24) is 15.0 Å². The van der Waals surface area contributed by atoms with Gasteiger partial charge in [0.25, 0.3) is 5.56 Å². The standard InChI is InChI=1S/C20H23N5O2S/c1-12-4-9-15-16(10-12)28-19-18(15)20(27)25(23-22-19)11-17(26)21-13-5-7-14(8-6-13)24(2)3/h5-8,12H,4,9-11H2,1-3H3,(H,21,26)/t12-/m0/s1. The molecule has 0 radical (unpaired) electrons. The van der Waals surface area contributed by atoms with Crippen LogP contribution in [0, 0.1) is 5.92 Å². The summed E-state index contributed by atoms with van der Waals surface area (Å²) in [6.07, 6.45) is 2.95. The lowest BCUT2D eigenvalue weighted by molar-refractivity contribution is -0.117. The smallest absolute Gasteiger partial charge is 0.279 e. The van der Waals surface area contributed by atoms with Crippen LogP contribution in [0.15, 0.2) is 29.1 Å². The minimum absolute atomic E-state index is 0.155. The lowest BCUT2D eigenvalue weighted by Gasteiger charge is -2.17. The molecule has 1 aliphatic rings. The molecule has 4 rings (SSSR count). The normalized spacial score (nSPS) is 16.0. The van der Waals surface area contributed by atoms with Crippen LogP contribution in [0.5, 0.6) is 0 Å². The van der Waals surface area contributed by atoms with Gasteiger partial charge in [0.1, 0.15) is 6.54 Å². The SMILES string of the molecule is C[C@H]1CCc2c(sc3nnn(CC(=O)Nc4ccc(N(C)C)cc4)c(=O)c23)C1. The molecule has 28 heavy (non-hydrogen) atoms. The highest BCUT2D eigenvalue weighted by Crippen LogP contribution is 2.35. The van der Waals surface area contributed by atoms with Crippen LogP contribution in [-0.2, 0) is 24.2 Å². The van der Waals surface area contributed by atoms with Crippen molar-refractivity contribution in [1.29, 1.82) is 0 Å². The highest BCUT2D eigenvalue weighted by atomic mass is 32.1. The Morgan fingerprint density at radius 2 is 2.07 bits per heavy atom. The van der Waals surface area contributed by atoms with Gasteiger partial charge in [0.2, 0.25) is 5.91 Å². The van der Waals surface area contributed by atoms with Gasteiger partial charge in [0, 0.05) is 30.3 Å². The van der Waals surface area contributed by atoms with E-state index in [4.69, 9.17) is 0 Å². The predicted octanol–water partition coefficient (Wildman–Crippen LogP) is 2.68. The lowest BCUT2D eigenvalue weighted by atomic mass is 9.89. The average Bonchev–Trinajstić information content (AvgIpc) is 3.02. The maximum Gasteiger partial charge on any atom is 0.279 e. The van der Waals surface area contributed by atoms with E-state index in [9.17, 15) is 9.59 Å². The highest BCUT2D eigenvalue weighted by molar-refractivity contribution is 7.18. The Bertz CT molecular complexity index is 1080. The number of hydrogen-bond acceptors (Lipinski definition) is 6. The maximum absolute atomic E-state index is 12.9. The molecule has 0 bridgehead atoms. The van der Waals surface area contributed by atoms with Crippen LogP contribution in [0.25, 0.3) is 10.2 Å². The summed E-state index contributed by atoms with van der Waals surface area (Å²) in [6.45, 7) is 2.07. The van der Waals surface area contributed by atoms with Gasteiger partial charge in [0.05, 0.1) is 5.39 Å². The van der Waals surface area contributed by atoms with Gasteiger partial charge in [-0.05, 0) is 55.0 Å². The molecule has 0 fully saturated rings. The van der Waals surface area contributed by atoms with Gasteiger partial charge in [-0.15, -0.1) is 16.4 Å². The Morgan fingerprint density at radius 1 is 1.32 bits per heavy atom. The largest absolute Gasteiger partial charge is 0.378 e. The summed E-state index contributed by atoms with van der Waals surface area (Å²) in [5, 5.41) is 11.6. The van der Waals surface area contributed by atoms with Crippen LogP contribution < -0.4 is 15.8 Å². The molecule has 0 saturated carbocycles. The van der Waals surface area contributed by atoms with Crippen molar-refractivity contribution >= 4 is 38.8 Å². The van der Waals surface area contributed by atoms with Crippen molar-refractivity contribution in [2.75, 3.05) is 24.3 Å². The van der Waals surface area contributed by atoms with E-state index in [1.807, 2.05) is 43.3 Å². The monoisotopic (exact) mass is 397 g/mol. The zero-order valence-corrected chi connectivity index (χ0v) is 17.0. The molecule has 1 aliphatic carbocycles. The molecule has 2 heterocycles. The minimum Gasteiger partial charge on any atom is -0.378 e. The molecule has 1 amide bonds. The number of anilines is 2. The number of aryl methyl sites for hydroxylation is 1.